The Morgan fingerprint density at radius 1 is 1.26 bits per heavy atom. The van der Waals surface area contributed by atoms with E-state index in [0.29, 0.717) is 11.3 Å². The maximum absolute atomic E-state index is 9.80. The van der Waals surface area contributed by atoms with Crippen molar-refractivity contribution in [3.63, 3.8) is 0 Å². The van der Waals surface area contributed by atoms with E-state index in [9.17, 15) is 5.11 Å². The van der Waals surface area contributed by atoms with Crippen molar-refractivity contribution in [1.82, 2.24) is 10.2 Å². The van der Waals surface area contributed by atoms with Gasteiger partial charge in [-0.25, -0.2) is 0 Å². The molecule has 0 aliphatic carbocycles. The molecule has 2 aromatic heterocycles. The SMILES string of the molecule is [B][I-]c1[c-]c2cc(-c3ccccc3O)nnc2s1.[Lr]. The zero-order chi connectivity index (χ0) is 12.5. The molecule has 3 rings (SSSR count). The smallest absolute Gasteiger partial charge is 0 e. The molecule has 1 N–H and O–H groups in total. The second kappa shape index (κ2) is 5.23. The van der Waals surface area contributed by atoms with Crippen LogP contribution in [0.4, 0.5) is 0 Å². The number of benzene rings is 1. The molecule has 0 spiro atoms. The summed E-state index contributed by atoms with van der Waals surface area (Å²) in [5.41, 5.74) is 7.01. The van der Waals surface area contributed by atoms with Gasteiger partial charge in [-0.2, -0.15) is 0 Å². The first kappa shape index (κ1) is 13.3. The van der Waals surface area contributed by atoms with Gasteiger partial charge in [0.1, 0.15) is 0 Å². The van der Waals surface area contributed by atoms with Gasteiger partial charge in [-0.3, -0.25) is 0 Å². The van der Waals surface area contributed by atoms with Gasteiger partial charge in [0, 0.05) is 0 Å². The fraction of sp³-hybridized carbons (Fsp3) is 0. The summed E-state index contributed by atoms with van der Waals surface area (Å²) in [6, 6.07) is 12.2. The monoisotopic (exact) mass is 626 g/mol. The molecule has 0 aliphatic rings. The number of hydrogen-bond donors (Lipinski definition) is 1. The first-order chi connectivity index (χ1) is 8.78. The van der Waals surface area contributed by atoms with E-state index in [0.717, 1.165) is 13.1 Å². The predicted molar refractivity (Wildman–Crippen MR) is 67.8 cm³/mol. The van der Waals surface area contributed by atoms with Gasteiger partial charge in [0.25, 0.3) is 0 Å². The molecule has 3 aromatic rings. The second-order valence-corrected chi connectivity index (χ2v) is 7.01. The van der Waals surface area contributed by atoms with E-state index in [2.05, 4.69) is 16.3 Å². The van der Waals surface area contributed by atoms with Gasteiger partial charge in [0.05, 0.1) is 0 Å². The van der Waals surface area contributed by atoms with Crippen LogP contribution in [0.2, 0.25) is 0 Å². The van der Waals surface area contributed by atoms with Gasteiger partial charge in [-0.05, 0) is 0 Å². The summed E-state index contributed by atoms with van der Waals surface area (Å²) in [6.45, 7) is 0. The number of phenols is 1. The van der Waals surface area contributed by atoms with Crippen molar-refractivity contribution in [2.24, 2.45) is 0 Å². The van der Waals surface area contributed by atoms with Crippen LogP contribution in [-0.2, 0) is 0 Å². The minimum atomic E-state index is -0.465. The third-order valence-electron chi connectivity index (χ3n) is 2.46. The van der Waals surface area contributed by atoms with Crippen LogP contribution in [0.25, 0.3) is 21.5 Å². The number of aromatic hydroxyl groups is 1. The average Bonchev–Trinajstić information content (AvgIpc) is 2.81. The van der Waals surface area contributed by atoms with Crippen molar-refractivity contribution in [1.29, 1.82) is 0 Å². The number of phenolic OH excluding ortho intramolecular Hbond substituents is 1. The number of halogens is 1. The van der Waals surface area contributed by atoms with E-state index in [-0.39, 0.29) is 5.75 Å². The summed E-state index contributed by atoms with van der Waals surface area (Å²) >= 11 is 1.07. The van der Waals surface area contributed by atoms with Gasteiger partial charge < -0.3 is 0 Å². The molecule has 3 radical (unpaired) electrons. The van der Waals surface area contributed by atoms with E-state index in [1.54, 1.807) is 12.1 Å². The number of aromatic nitrogens is 2. The van der Waals surface area contributed by atoms with Crippen molar-refractivity contribution in [3.8, 4) is 17.0 Å². The standard InChI is InChI=1S/C12H6BIN2OS.Lr/c13-14-11-6-7-5-9(15-16-12(7)18-11)8-3-1-2-4-10(8)17;/h1-5,17H;/q-2;. The number of fused-ring (bicyclic) bond motifs is 1. The summed E-state index contributed by atoms with van der Waals surface area (Å²) < 4.78 is 1.06. The van der Waals surface area contributed by atoms with Gasteiger partial charge in [0.2, 0.25) is 0 Å². The number of thiophene rings is 1. The molecule has 1 aromatic carbocycles. The number of rotatable bonds is 2. The molecule has 103 valence electrons. The Balaban J connectivity index is 0.00000133. The minimum absolute atomic E-state index is 0. The Hall–Kier alpha value is -2.15. The third-order valence-corrected chi connectivity index (χ3v) is 5.33. The molecule has 0 atom stereocenters. The van der Waals surface area contributed by atoms with Gasteiger partial charge in [-0.15, -0.1) is 0 Å². The van der Waals surface area contributed by atoms with E-state index in [1.165, 1.54) is 11.3 Å². The van der Waals surface area contributed by atoms with Crippen molar-refractivity contribution in [2.75, 3.05) is 0 Å². The third kappa shape index (κ3) is 2.37. The predicted octanol–water partition coefficient (Wildman–Crippen LogP) is -0.794. The molecule has 2 heterocycles. The molecule has 19 heavy (non-hydrogen) atoms. The van der Waals surface area contributed by atoms with E-state index in [4.69, 9.17) is 5.70 Å². The molecule has 7 heteroatoms. The normalized spacial score (nSPS) is 10.5. The van der Waals surface area contributed by atoms with E-state index >= 15 is 0 Å². The largest absolute Gasteiger partial charge is 0 e. The van der Waals surface area contributed by atoms with Crippen LogP contribution in [0.1, 0.15) is 0 Å². The Bertz CT molecular complexity index is 722. The fourth-order valence-corrected chi connectivity index (χ4v) is 3.76. The molecule has 3 nitrogen and oxygen atoms in total. The maximum atomic E-state index is 9.80. The molecule has 0 saturated carbocycles. The van der Waals surface area contributed by atoms with Gasteiger partial charge >= 0.3 is 120 Å². The zero-order valence-corrected chi connectivity index (χ0v) is 14.5. The Morgan fingerprint density at radius 3 is 2.79 bits per heavy atom. The average molecular weight is 626 g/mol. The number of nitrogens with zero attached hydrogens (tertiary/aromatic N) is 2. The van der Waals surface area contributed by atoms with Crippen LogP contribution in [0.5, 0.6) is 5.75 Å². The van der Waals surface area contributed by atoms with Crippen LogP contribution in [0, 0.1) is 8.95 Å². The molecule has 0 amide bonds. The zero-order valence-electron chi connectivity index (χ0n) is 9.35. The fourth-order valence-electron chi connectivity index (χ4n) is 1.63. The van der Waals surface area contributed by atoms with Crippen LogP contribution in [0.15, 0.2) is 30.3 Å². The summed E-state index contributed by atoms with van der Waals surface area (Å²) in [6.07, 6.45) is 0. The molecule has 0 aliphatic heterocycles. The van der Waals surface area contributed by atoms with E-state index in [1.807, 2.05) is 18.2 Å². The van der Waals surface area contributed by atoms with Gasteiger partial charge in [0.15, 0.2) is 0 Å². The summed E-state index contributed by atoms with van der Waals surface area (Å²) in [5, 5.41) is 19.0. The summed E-state index contributed by atoms with van der Waals surface area (Å²) in [4.78, 5) is 0.842. The molecule has 0 saturated heterocycles. The molecule has 0 fully saturated rings. The molecular formula is C12H6BILrN2OS-2. The first-order valence-electron chi connectivity index (χ1n) is 5.09. The van der Waals surface area contributed by atoms with Gasteiger partial charge in [-0.1, -0.05) is 0 Å². The summed E-state index contributed by atoms with van der Waals surface area (Å²) in [5.74, 6) is 0.202. The van der Waals surface area contributed by atoms with Crippen LogP contribution in [-0.4, -0.2) is 21.0 Å². The maximum Gasteiger partial charge on any atom is 0 e. The first-order valence-corrected chi connectivity index (χ1v) is 8.23. The van der Waals surface area contributed by atoms with Crippen LogP contribution < -0.4 is 21.0 Å². The van der Waals surface area contributed by atoms with Crippen molar-refractivity contribution in [3.05, 3.63) is 39.3 Å². The Labute approximate surface area is 119 Å². The van der Waals surface area contributed by atoms with Crippen molar-refractivity contribution in [2.45, 2.75) is 0 Å². The van der Waals surface area contributed by atoms with Crippen LogP contribution in [0.3, 0.4) is 0 Å². The topological polar surface area (TPSA) is 46.0 Å². The summed E-state index contributed by atoms with van der Waals surface area (Å²) in [7, 11) is 0. The van der Waals surface area contributed by atoms with Crippen LogP contribution >= 0.6 is 11.3 Å². The Morgan fingerprint density at radius 2 is 2.05 bits per heavy atom. The van der Waals surface area contributed by atoms with Crippen molar-refractivity contribution >= 4 is 27.3 Å². The minimum Gasteiger partial charge on any atom is 0 e. The molecule has 0 bridgehead atoms. The molecule has 0 unspecified atom stereocenters. The number of para-hydroxylation sites is 1. The number of hydrogen-bond acceptors (Lipinski definition) is 4. The van der Waals surface area contributed by atoms with E-state index < -0.39 is 21.0 Å². The molecular weight excluding hydrogens is 620 g/mol. The second-order valence-electron chi connectivity index (χ2n) is 3.58. The van der Waals surface area contributed by atoms with Crippen molar-refractivity contribution < 1.29 is 26.1 Å². The Kier molecular flexibility index (Phi) is 3.66. The quantitative estimate of drug-likeness (QED) is 0.231.